The number of rotatable bonds is 3. The van der Waals surface area contributed by atoms with Gasteiger partial charge in [0.15, 0.2) is 0 Å². The van der Waals surface area contributed by atoms with Crippen LogP contribution in [0.3, 0.4) is 0 Å². The Morgan fingerprint density at radius 2 is 2.41 bits per heavy atom. The standard InChI is InChI=1S/C12H14BrNO3/c13-11-5-9(7-15)1-2-12(11)14-3-4-17-10(6-14)8-16/h1-2,5,7,10,16H,3-4,6,8H2. The number of aldehydes is 1. The van der Waals surface area contributed by atoms with Crippen LogP contribution < -0.4 is 4.90 Å². The van der Waals surface area contributed by atoms with Crippen molar-refractivity contribution in [2.75, 3.05) is 31.2 Å². The first-order valence-electron chi connectivity index (χ1n) is 5.46. The summed E-state index contributed by atoms with van der Waals surface area (Å²) >= 11 is 3.46. The third-order valence-corrected chi connectivity index (χ3v) is 3.43. The molecule has 1 aliphatic rings. The molecule has 1 heterocycles. The van der Waals surface area contributed by atoms with E-state index in [9.17, 15) is 4.79 Å². The van der Waals surface area contributed by atoms with E-state index in [-0.39, 0.29) is 12.7 Å². The molecule has 1 atom stereocenters. The minimum absolute atomic E-state index is 0.0283. The molecule has 17 heavy (non-hydrogen) atoms. The number of aliphatic hydroxyl groups excluding tert-OH is 1. The molecule has 92 valence electrons. The largest absolute Gasteiger partial charge is 0.394 e. The van der Waals surface area contributed by atoms with Crippen LogP contribution >= 0.6 is 15.9 Å². The average Bonchev–Trinajstić information content (AvgIpc) is 2.38. The van der Waals surface area contributed by atoms with Gasteiger partial charge < -0.3 is 14.7 Å². The molecule has 1 unspecified atom stereocenters. The van der Waals surface area contributed by atoms with Crippen LogP contribution in [-0.4, -0.2) is 43.8 Å². The molecule has 5 heteroatoms. The van der Waals surface area contributed by atoms with Crippen molar-refractivity contribution in [3.8, 4) is 0 Å². The van der Waals surface area contributed by atoms with Crippen molar-refractivity contribution in [3.05, 3.63) is 28.2 Å². The molecule has 1 aromatic rings. The van der Waals surface area contributed by atoms with Crippen molar-refractivity contribution in [2.24, 2.45) is 0 Å². The van der Waals surface area contributed by atoms with Gasteiger partial charge in [-0.05, 0) is 34.1 Å². The number of halogens is 1. The van der Waals surface area contributed by atoms with E-state index in [2.05, 4.69) is 20.8 Å². The molecular formula is C12H14BrNO3. The molecule has 1 saturated heterocycles. The maximum Gasteiger partial charge on any atom is 0.150 e. The lowest BCUT2D eigenvalue weighted by atomic mass is 10.2. The van der Waals surface area contributed by atoms with Gasteiger partial charge in [0, 0.05) is 23.1 Å². The molecule has 2 rings (SSSR count). The van der Waals surface area contributed by atoms with Gasteiger partial charge in [-0.25, -0.2) is 0 Å². The van der Waals surface area contributed by atoms with Crippen LogP contribution in [0.2, 0.25) is 0 Å². The highest BCUT2D eigenvalue weighted by Crippen LogP contribution is 2.28. The van der Waals surface area contributed by atoms with Crippen LogP contribution in [0.5, 0.6) is 0 Å². The Bertz CT molecular complexity index is 411. The van der Waals surface area contributed by atoms with E-state index in [0.717, 1.165) is 23.0 Å². The summed E-state index contributed by atoms with van der Waals surface area (Å²) in [6.07, 6.45) is 0.686. The van der Waals surface area contributed by atoms with Crippen molar-refractivity contribution in [1.29, 1.82) is 0 Å². The summed E-state index contributed by atoms with van der Waals surface area (Å²) in [7, 11) is 0. The Kier molecular flexibility index (Phi) is 4.15. The van der Waals surface area contributed by atoms with Crippen LogP contribution in [0.1, 0.15) is 10.4 Å². The van der Waals surface area contributed by atoms with E-state index >= 15 is 0 Å². The third-order valence-electron chi connectivity index (χ3n) is 2.79. The Labute approximate surface area is 108 Å². The zero-order valence-electron chi connectivity index (χ0n) is 9.30. The van der Waals surface area contributed by atoms with E-state index in [1.54, 1.807) is 12.1 Å². The highest BCUT2D eigenvalue weighted by molar-refractivity contribution is 9.10. The summed E-state index contributed by atoms with van der Waals surface area (Å²) in [6, 6.07) is 5.50. The molecular weight excluding hydrogens is 286 g/mol. The predicted octanol–water partition coefficient (Wildman–Crippen LogP) is 1.46. The highest BCUT2D eigenvalue weighted by atomic mass is 79.9. The Morgan fingerprint density at radius 1 is 1.59 bits per heavy atom. The van der Waals surface area contributed by atoms with E-state index in [0.29, 0.717) is 18.7 Å². The van der Waals surface area contributed by atoms with E-state index in [1.165, 1.54) is 0 Å². The molecule has 0 saturated carbocycles. The molecule has 0 amide bonds. The van der Waals surface area contributed by atoms with E-state index < -0.39 is 0 Å². The molecule has 4 nitrogen and oxygen atoms in total. The summed E-state index contributed by atoms with van der Waals surface area (Å²) in [5.41, 5.74) is 1.67. The maximum absolute atomic E-state index is 10.7. The lowest BCUT2D eigenvalue weighted by molar-refractivity contribution is 0.00353. The first-order valence-corrected chi connectivity index (χ1v) is 6.26. The number of anilines is 1. The van der Waals surface area contributed by atoms with Crippen LogP contribution in [0, 0.1) is 0 Å². The second-order valence-electron chi connectivity index (χ2n) is 3.95. The van der Waals surface area contributed by atoms with Crippen molar-refractivity contribution >= 4 is 27.9 Å². The van der Waals surface area contributed by atoms with Crippen molar-refractivity contribution < 1.29 is 14.6 Å². The Morgan fingerprint density at radius 3 is 3.06 bits per heavy atom. The van der Waals surface area contributed by atoms with Gasteiger partial charge in [0.05, 0.1) is 25.0 Å². The number of benzene rings is 1. The van der Waals surface area contributed by atoms with Gasteiger partial charge in [-0.3, -0.25) is 4.79 Å². The molecule has 0 spiro atoms. The molecule has 0 radical (unpaired) electrons. The first kappa shape index (κ1) is 12.5. The Hall–Kier alpha value is -0.910. The quantitative estimate of drug-likeness (QED) is 0.859. The molecule has 1 N–H and O–H groups in total. The van der Waals surface area contributed by atoms with E-state index in [1.807, 2.05) is 6.07 Å². The summed E-state index contributed by atoms with van der Waals surface area (Å²) in [4.78, 5) is 12.8. The fourth-order valence-corrected chi connectivity index (χ4v) is 2.55. The average molecular weight is 300 g/mol. The monoisotopic (exact) mass is 299 g/mol. The minimum Gasteiger partial charge on any atom is -0.394 e. The number of ether oxygens (including phenoxy) is 1. The predicted molar refractivity (Wildman–Crippen MR) is 68.6 cm³/mol. The van der Waals surface area contributed by atoms with Crippen molar-refractivity contribution in [3.63, 3.8) is 0 Å². The summed E-state index contributed by atoms with van der Waals surface area (Å²) in [5.74, 6) is 0. The SMILES string of the molecule is O=Cc1ccc(N2CCOC(CO)C2)c(Br)c1. The van der Waals surface area contributed by atoms with Gasteiger partial charge in [-0.15, -0.1) is 0 Å². The van der Waals surface area contributed by atoms with Gasteiger partial charge in [0.2, 0.25) is 0 Å². The molecule has 0 aliphatic carbocycles. The zero-order valence-corrected chi connectivity index (χ0v) is 10.9. The number of carbonyl (C=O) groups excluding carboxylic acids is 1. The number of aliphatic hydroxyl groups is 1. The van der Waals surface area contributed by atoms with Gasteiger partial charge in [0.25, 0.3) is 0 Å². The van der Waals surface area contributed by atoms with Gasteiger partial charge in [-0.1, -0.05) is 0 Å². The Balaban J connectivity index is 2.18. The molecule has 1 aromatic carbocycles. The van der Waals surface area contributed by atoms with Crippen molar-refractivity contribution in [2.45, 2.75) is 6.10 Å². The van der Waals surface area contributed by atoms with Gasteiger partial charge in [0.1, 0.15) is 6.29 Å². The fourth-order valence-electron chi connectivity index (χ4n) is 1.90. The lowest BCUT2D eigenvalue weighted by Crippen LogP contribution is -2.44. The summed E-state index contributed by atoms with van der Waals surface area (Å²) in [6.45, 7) is 2.08. The second-order valence-corrected chi connectivity index (χ2v) is 4.80. The summed E-state index contributed by atoms with van der Waals surface area (Å²) < 4.78 is 6.29. The summed E-state index contributed by atoms with van der Waals surface area (Å²) in [5, 5.41) is 9.10. The lowest BCUT2D eigenvalue weighted by Gasteiger charge is -2.34. The molecule has 1 fully saturated rings. The maximum atomic E-state index is 10.7. The van der Waals surface area contributed by atoms with Crippen LogP contribution in [-0.2, 0) is 4.74 Å². The van der Waals surface area contributed by atoms with Gasteiger partial charge >= 0.3 is 0 Å². The number of carbonyl (C=O) groups is 1. The van der Waals surface area contributed by atoms with Crippen LogP contribution in [0.4, 0.5) is 5.69 Å². The minimum atomic E-state index is -0.138. The van der Waals surface area contributed by atoms with Crippen LogP contribution in [0.15, 0.2) is 22.7 Å². The highest BCUT2D eigenvalue weighted by Gasteiger charge is 2.21. The normalized spacial score (nSPS) is 20.4. The number of hydrogen-bond donors (Lipinski definition) is 1. The third kappa shape index (κ3) is 2.86. The van der Waals surface area contributed by atoms with E-state index in [4.69, 9.17) is 9.84 Å². The van der Waals surface area contributed by atoms with Crippen molar-refractivity contribution in [1.82, 2.24) is 0 Å². The zero-order chi connectivity index (χ0) is 12.3. The first-order chi connectivity index (χ1) is 8.24. The number of nitrogens with zero attached hydrogens (tertiary/aromatic N) is 1. The number of morpholine rings is 1. The number of hydrogen-bond acceptors (Lipinski definition) is 4. The molecule has 0 bridgehead atoms. The molecule has 1 aliphatic heterocycles. The smallest absolute Gasteiger partial charge is 0.150 e. The molecule has 0 aromatic heterocycles. The second kappa shape index (κ2) is 5.62. The fraction of sp³-hybridized carbons (Fsp3) is 0.417. The van der Waals surface area contributed by atoms with Crippen LogP contribution in [0.25, 0.3) is 0 Å². The van der Waals surface area contributed by atoms with Gasteiger partial charge in [-0.2, -0.15) is 0 Å². The topological polar surface area (TPSA) is 49.8 Å².